The fourth-order valence-electron chi connectivity index (χ4n) is 2.76. The minimum atomic E-state index is -0.142. The highest BCUT2D eigenvalue weighted by atomic mass is 16.2. The number of carbonyl (C=O) groups excluding carboxylic acids is 1. The van der Waals surface area contributed by atoms with Crippen LogP contribution >= 0.6 is 0 Å². The first-order valence-electron chi connectivity index (χ1n) is 8.73. The number of anilines is 1. The lowest BCUT2D eigenvalue weighted by Gasteiger charge is -2.16. The van der Waals surface area contributed by atoms with Crippen LogP contribution in [0, 0.1) is 6.92 Å². The maximum absolute atomic E-state index is 12.2. The summed E-state index contributed by atoms with van der Waals surface area (Å²) in [5, 5.41) is 5.97. The molecule has 0 aromatic heterocycles. The largest absolute Gasteiger partial charge is 0.338 e. The summed E-state index contributed by atoms with van der Waals surface area (Å²) in [5.74, 6) is 0.372. The van der Waals surface area contributed by atoms with Crippen LogP contribution in [0.2, 0.25) is 0 Å². The Morgan fingerprint density at radius 2 is 1.71 bits per heavy atom. The summed E-state index contributed by atoms with van der Waals surface area (Å²) in [4.78, 5) is 12.2. The van der Waals surface area contributed by atoms with Crippen molar-refractivity contribution in [2.45, 2.75) is 46.5 Å². The quantitative estimate of drug-likeness (QED) is 0.767. The van der Waals surface area contributed by atoms with E-state index in [9.17, 15) is 4.79 Å². The van der Waals surface area contributed by atoms with Gasteiger partial charge in [0.25, 0.3) is 0 Å². The van der Waals surface area contributed by atoms with Crippen molar-refractivity contribution in [1.29, 1.82) is 0 Å². The molecule has 0 radical (unpaired) electrons. The lowest BCUT2D eigenvalue weighted by Crippen LogP contribution is -2.31. The van der Waals surface area contributed by atoms with Gasteiger partial charge in [0.05, 0.1) is 0 Å². The summed E-state index contributed by atoms with van der Waals surface area (Å²) in [6.07, 6.45) is 1.89. The molecule has 0 aliphatic carbocycles. The molecule has 0 unspecified atom stereocenters. The Balaban J connectivity index is 1.89. The van der Waals surface area contributed by atoms with Gasteiger partial charge in [-0.3, -0.25) is 0 Å². The summed E-state index contributed by atoms with van der Waals surface area (Å²) in [6, 6.07) is 14.6. The number of urea groups is 1. The predicted molar refractivity (Wildman–Crippen MR) is 102 cm³/mol. The third-order valence-electron chi connectivity index (χ3n) is 4.30. The molecule has 2 amide bonds. The Morgan fingerprint density at radius 3 is 2.33 bits per heavy atom. The smallest absolute Gasteiger partial charge is 0.319 e. The first-order valence-corrected chi connectivity index (χ1v) is 8.73. The van der Waals surface area contributed by atoms with Crippen molar-refractivity contribution >= 4 is 11.7 Å². The zero-order chi connectivity index (χ0) is 17.5. The number of nitrogens with one attached hydrogen (secondary N) is 2. The number of benzene rings is 2. The van der Waals surface area contributed by atoms with Gasteiger partial charge in [0, 0.05) is 12.2 Å². The fourth-order valence-corrected chi connectivity index (χ4v) is 2.76. The van der Waals surface area contributed by atoms with E-state index in [0.29, 0.717) is 12.5 Å². The SMILES string of the molecule is CCc1ccc(CCNC(=O)Nc2c(C)cccc2C(C)C)cc1. The van der Waals surface area contributed by atoms with Crippen LogP contribution in [0.1, 0.15) is 48.9 Å². The fraction of sp³-hybridized carbons (Fsp3) is 0.381. The van der Waals surface area contributed by atoms with Gasteiger partial charge in [-0.1, -0.05) is 63.2 Å². The van der Waals surface area contributed by atoms with Gasteiger partial charge in [0.15, 0.2) is 0 Å². The van der Waals surface area contributed by atoms with Crippen LogP contribution in [-0.2, 0) is 12.8 Å². The molecule has 128 valence electrons. The van der Waals surface area contributed by atoms with Crippen LogP contribution in [0.15, 0.2) is 42.5 Å². The third-order valence-corrected chi connectivity index (χ3v) is 4.30. The van der Waals surface area contributed by atoms with E-state index in [4.69, 9.17) is 0 Å². The number of amides is 2. The van der Waals surface area contributed by atoms with Crippen molar-refractivity contribution in [1.82, 2.24) is 5.32 Å². The first-order chi connectivity index (χ1) is 11.5. The zero-order valence-electron chi connectivity index (χ0n) is 15.1. The summed E-state index contributed by atoms with van der Waals surface area (Å²) in [6.45, 7) is 9.07. The van der Waals surface area contributed by atoms with E-state index in [1.807, 2.05) is 19.1 Å². The molecule has 3 heteroatoms. The number of para-hydroxylation sites is 1. The van der Waals surface area contributed by atoms with Gasteiger partial charge in [-0.05, 0) is 47.9 Å². The maximum Gasteiger partial charge on any atom is 0.319 e. The van der Waals surface area contributed by atoms with E-state index in [1.165, 1.54) is 16.7 Å². The summed E-state index contributed by atoms with van der Waals surface area (Å²) >= 11 is 0. The monoisotopic (exact) mass is 324 g/mol. The average molecular weight is 324 g/mol. The molecule has 2 rings (SSSR count). The van der Waals surface area contributed by atoms with Crippen molar-refractivity contribution in [3.63, 3.8) is 0 Å². The van der Waals surface area contributed by atoms with E-state index in [2.05, 4.69) is 61.7 Å². The van der Waals surface area contributed by atoms with E-state index in [0.717, 1.165) is 24.1 Å². The van der Waals surface area contributed by atoms with Gasteiger partial charge in [0.2, 0.25) is 0 Å². The van der Waals surface area contributed by atoms with Gasteiger partial charge < -0.3 is 10.6 Å². The Kier molecular flexibility index (Phi) is 6.42. The second kappa shape index (κ2) is 8.53. The molecule has 24 heavy (non-hydrogen) atoms. The van der Waals surface area contributed by atoms with E-state index in [1.54, 1.807) is 0 Å². The number of hydrogen-bond acceptors (Lipinski definition) is 1. The number of rotatable bonds is 6. The predicted octanol–water partition coefficient (Wildman–Crippen LogP) is 5.05. The molecule has 2 aromatic rings. The van der Waals surface area contributed by atoms with Gasteiger partial charge in [-0.15, -0.1) is 0 Å². The molecule has 0 aliphatic rings. The van der Waals surface area contributed by atoms with Gasteiger partial charge in [-0.25, -0.2) is 4.79 Å². The molecule has 0 aliphatic heterocycles. The van der Waals surface area contributed by atoms with Crippen LogP contribution < -0.4 is 10.6 Å². The number of carbonyl (C=O) groups is 1. The molecule has 0 fully saturated rings. The topological polar surface area (TPSA) is 41.1 Å². The van der Waals surface area contributed by atoms with Crippen molar-refractivity contribution in [3.05, 3.63) is 64.7 Å². The normalized spacial score (nSPS) is 10.7. The second-order valence-corrected chi connectivity index (χ2v) is 6.49. The molecule has 2 N–H and O–H groups in total. The third kappa shape index (κ3) is 4.85. The minimum Gasteiger partial charge on any atom is -0.338 e. The molecular weight excluding hydrogens is 296 g/mol. The lowest BCUT2D eigenvalue weighted by molar-refractivity contribution is 0.252. The average Bonchev–Trinajstić information content (AvgIpc) is 2.57. The molecule has 0 saturated heterocycles. The Hall–Kier alpha value is -2.29. The highest BCUT2D eigenvalue weighted by Crippen LogP contribution is 2.27. The van der Waals surface area contributed by atoms with Gasteiger partial charge in [0.1, 0.15) is 0 Å². The molecule has 0 saturated carbocycles. The molecule has 0 bridgehead atoms. The maximum atomic E-state index is 12.2. The molecule has 0 spiro atoms. The van der Waals surface area contributed by atoms with Crippen LogP contribution in [0.4, 0.5) is 10.5 Å². The van der Waals surface area contributed by atoms with Gasteiger partial charge in [-0.2, -0.15) is 0 Å². The summed E-state index contributed by atoms with van der Waals surface area (Å²) in [7, 11) is 0. The molecule has 0 atom stereocenters. The summed E-state index contributed by atoms with van der Waals surface area (Å²) < 4.78 is 0. The Morgan fingerprint density at radius 1 is 1.04 bits per heavy atom. The van der Waals surface area contributed by atoms with Gasteiger partial charge >= 0.3 is 6.03 Å². The minimum absolute atomic E-state index is 0.142. The van der Waals surface area contributed by atoms with Crippen molar-refractivity contribution in [2.24, 2.45) is 0 Å². The number of hydrogen-bond donors (Lipinski definition) is 2. The van der Waals surface area contributed by atoms with Crippen LogP contribution in [0.25, 0.3) is 0 Å². The van der Waals surface area contributed by atoms with Crippen molar-refractivity contribution in [2.75, 3.05) is 11.9 Å². The van der Waals surface area contributed by atoms with E-state index >= 15 is 0 Å². The van der Waals surface area contributed by atoms with Crippen molar-refractivity contribution < 1.29 is 4.79 Å². The first kappa shape index (κ1) is 18.1. The van der Waals surface area contributed by atoms with Crippen molar-refractivity contribution in [3.8, 4) is 0 Å². The lowest BCUT2D eigenvalue weighted by atomic mass is 9.98. The highest BCUT2D eigenvalue weighted by Gasteiger charge is 2.11. The molecule has 0 heterocycles. The van der Waals surface area contributed by atoms with Crippen LogP contribution in [-0.4, -0.2) is 12.6 Å². The van der Waals surface area contributed by atoms with Crippen LogP contribution in [0.3, 0.4) is 0 Å². The summed E-state index contributed by atoms with van der Waals surface area (Å²) in [5.41, 5.74) is 5.76. The number of aryl methyl sites for hydroxylation is 2. The Bertz CT molecular complexity index is 675. The zero-order valence-corrected chi connectivity index (χ0v) is 15.1. The molecule has 2 aromatic carbocycles. The van der Waals surface area contributed by atoms with Crippen LogP contribution in [0.5, 0.6) is 0 Å². The van der Waals surface area contributed by atoms with E-state index in [-0.39, 0.29) is 6.03 Å². The molecule has 3 nitrogen and oxygen atoms in total. The second-order valence-electron chi connectivity index (χ2n) is 6.49. The Labute approximate surface area is 145 Å². The highest BCUT2D eigenvalue weighted by molar-refractivity contribution is 5.91. The molecular formula is C21H28N2O. The van der Waals surface area contributed by atoms with E-state index < -0.39 is 0 Å². The standard InChI is InChI=1S/C21H28N2O/c1-5-17-9-11-18(12-10-17)13-14-22-21(24)23-20-16(4)7-6-8-19(20)15(2)3/h6-12,15H,5,13-14H2,1-4H3,(H2,22,23,24).